The quantitative estimate of drug-likeness (QED) is 0.426. The first kappa shape index (κ1) is 12.8. The lowest BCUT2D eigenvalue weighted by atomic mass is 10.1. The van der Waals surface area contributed by atoms with Gasteiger partial charge in [-0.05, 0) is 23.5 Å². The Bertz CT molecular complexity index is 822. The monoisotopic (exact) mass is 286 g/mol. The van der Waals surface area contributed by atoms with Gasteiger partial charge in [0.05, 0.1) is 6.07 Å². The van der Waals surface area contributed by atoms with E-state index < -0.39 is 4.92 Å². The molecule has 0 fully saturated rings. The summed E-state index contributed by atoms with van der Waals surface area (Å²) in [6.07, 6.45) is 0. The van der Waals surface area contributed by atoms with Crippen molar-refractivity contribution in [3.63, 3.8) is 0 Å². The van der Waals surface area contributed by atoms with Crippen molar-refractivity contribution >= 4 is 11.5 Å². The number of rotatable bonds is 3. The summed E-state index contributed by atoms with van der Waals surface area (Å²) in [6.45, 7) is 1.85. The average Bonchev–Trinajstić information content (AvgIpc) is 3.09. The fourth-order valence-electron chi connectivity index (χ4n) is 1.85. The normalized spacial score (nSPS) is 10.7. The van der Waals surface area contributed by atoms with E-state index in [1.807, 2.05) is 13.0 Å². The maximum atomic E-state index is 10.6. The predicted molar refractivity (Wildman–Crippen MR) is 73.1 cm³/mol. The summed E-state index contributed by atoms with van der Waals surface area (Å²) in [5, 5.41) is 20.5. The number of hydrogen-bond donors (Lipinski definition) is 2. The number of nitrogens with two attached hydrogens (primary N) is 1. The number of H-pyrrole nitrogens is 1. The molecule has 0 aliphatic carbocycles. The van der Waals surface area contributed by atoms with E-state index in [2.05, 4.69) is 20.3 Å². The Hall–Kier alpha value is -3.23. The maximum absolute atomic E-state index is 10.6. The van der Waals surface area contributed by atoms with Gasteiger partial charge in [0.15, 0.2) is 5.69 Å². The van der Waals surface area contributed by atoms with Crippen LogP contribution in [-0.2, 0) is 0 Å². The van der Waals surface area contributed by atoms with Gasteiger partial charge in [0.25, 0.3) is 5.89 Å². The highest BCUT2D eigenvalue weighted by molar-refractivity contribution is 5.68. The van der Waals surface area contributed by atoms with Gasteiger partial charge in [-0.3, -0.25) is 0 Å². The van der Waals surface area contributed by atoms with Crippen LogP contribution in [0.5, 0.6) is 0 Å². The van der Waals surface area contributed by atoms with Crippen LogP contribution in [0.2, 0.25) is 0 Å². The van der Waals surface area contributed by atoms with Crippen LogP contribution in [0.25, 0.3) is 23.0 Å². The van der Waals surface area contributed by atoms with Gasteiger partial charge in [-0.25, -0.2) is 0 Å². The summed E-state index contributed by atoms with van der Waals surface area (Å²) < 4.78 is 5.09. The number of aromatic nitrogens is 4. The van der Waals surface area contributed by atoms with E-state index in [-0.39, 0.29) is 17.4 Å². The second kappa shape index (κ2) is 4.71. The van der Waals surface area contributed by atoms with E-state index >= 15 is 0 Å². The molecule has 0 spiro atoms. The van der Waals surface area contributed by atoms with Crippen molar-refractivity contribution in [2.45, 2.75) is 6.92 Å². The summed E-state index contributed by atoms with van der Waals surface area (Å²) in [6, 6.07) is 6.60. The Balaban J connectivity index is 1.99. The third kappa shape index (κ3) is 2.20. The van der Waals surface area contributed by atoms with Crippen LogP contribution < -0.4 is 5.73 Å². The van der Waals surface area contributed by atoms with E-state index in [4.69, 9.17) is 10.3 Å². The molecule has 0 bridgehead atoms. The third-order valence-corrected chi connectivity index (χ3v) is 3.02. The van der Waals surface area contributed by atoms with Gasteiger partial charge in [0.2, 0.25) is 5.82 Å². The van der Waals surface area contributed by atoms with E-state index in [1.54, 1.807) is 12.1 Å². The molecular formula is C12H10N6O3. The largest absolute Gasteiger partial charge is 0.398 e. The molecule has 2 aromatic heterocycles. The van der Waals surface area contributed by atoms with Gasteiger partial charge in [-0.1, -0.05) is 22.4 Å². The van der Waals surface area contributed by atoms with Crippen LogP contribution in [-0.4, -0.2) is 25.3 Å². The van der Waals surface area contributed by atoms with Gasteiger partial charge >= 0.3 is 5.82 Å². The van der Waals surface area contributed by atoms with E-state index in [9.17, 15) is 10.1 Å². The highest BCUT2D eigenvalue weighted by atomic mass is 16.6. The summed E-state index contributed by atoms with van der Waals surface area (Å²) in [7, 11) is 0. The van der Waals surface area contributed by atoms with E-state index in [0.717, 1.165) is 11.1 Å². The van der Waals surface area contributed by atoms with Crippen molar-refractivity contribution < 1.29 is 9.45 Å². The number of nitrogen functional groups attached to an aromatic ring is 1. The Morgan fingerprint density at radius 3 is 2.95 bits per heavy atom. The van der Waals surface area contributed by atoms with Crippen molar-refractivity contribution in [1.82, 2.24) is 20.3 Å². The molecule has 0 atom stereocenters. The van der Waals surface area contributed by atoms with Crippen LogP contribution in [0.15, 0.2) is 28.8 Å². The molecule has 21 heavy (non-hydrogen) atoms. The zero-order valence-corrected chi connectivity index (χ0v) is 10.9. The molecule has 9 nitrogen and oxygen atoms in total. The first-order valence-electron chi connectivity index (χ1n) is 5.95. The topological polar surface area (TPSA) is 137 Å². The number of hydrogen-bond acceptors (Lipinski definition) is 7. The molecule has 0 unspecified atom stereocenters. The van der Waals surface area contributed by atoms with Crippen LogP contribution in [0.1, 0.15) is 5.56 Å². The number of nitrogens with one attached hydrogen (secondary N) is 1. The Kier molecular flexibility index (Phi) is 2.87. The Morgan fingerprint density at radius 1 is 1.43 bits per heavy atom. The molecule has 2 heterocycles. The maximum Gasteiger partial charge on any atom is 0.343 e. The van der Waals surface area contributed by atoms with Crippen LogP contribution in [0, 0.1) is 17.0 Å². The number of nitrogens with zero attached hydrogens (tertiary/aromatic N) is 4. The lowest BCUT2D eigenvalue weighted by Crippen LogP contribution is -1.92. The molecule has 0 aliphatic rings. The molecule has 3 rings (SSSR count). The van der Waals surface area contributed by atoms with Gasteiger partial charge in [0, 0.05) is 11.3 Å². The van der Waals surface area contributed by atoms with Crippen molar-refractivity contribution in [3.8, 4) is 23.0 Å². The minimum absolute atomic E-state index is 0.0937. The fraction of sp³-hybridized carbons (Fsp3) is 0.0833. The summed E-state index contributed by atoms with van der Waals surface area (Å²) >= 11 is 0. The second-order valence-corrected chi connectivity index (χ2v) is 4.34. The van der Waals surface area contributed by atoms with Crippen LogP contribution >= 0.6 is 0 Å². The molecule has 0 amide bonds. The number of benzene rings is 1. The van der Waals surface area contributed by atoms with Crippen molar-refractivity contribution in [1.29, 1.82) is 0 Å². The molecule has 0 saturated heterocycles. The zero-order chi connectivity index (χ0) is 15.0. The van der Waals surface area contributed by atoms with Gasteiger partial charge in [0.1, 0.15) is 0 Å². The molecule has 1 aromatic carbocycles. The van der Waals surface area contributed by atoms with Crippen LogP contribution in [0.4, 0.5) is 11.5 Å². The highest BCUT2D eigenvalue weighted by Gasteiger charge is 2.18. The molecular weight excluding hydrogens is 276 g/mol. The van der Waals surface area contributed by atoms with Gasteiger partial charge in [-0.2, -0.15) is 4.98 Å². The lowest BCUT2D eigenvalue weighted by Gasteiger charge is -2.03. The standard InChI is InChI=1S/C12H10N6O3/c1-6-7(3-2-4-8(6)13)11-14-12(21-17-11)9-5-10(16-15-9)18(19)20/h2-5H,13H2,1H3,(H,15,16). The predicted octanol–water partition coefficient (Wildman–Crippen LogP) is 1.93. The van der Waals surface area contributed by atoms with Crippen molar-refractivity contribution in [2.75, 3.05) is 5.73 Å². The second-order valence-electron chi connectivity index (χ2n) is 4.34. The Morgan fingerprint density at radius 2 is 2.24 bits per heavy atom. The average molecular weight is 286 g/mol. The summed E-state index contributed by atoms with van der Waals surface area (Å²) in [5.74, 6) is 0.196. The van der Waals surface area contributed by atoms with Crippen LogP contribution in [0.3, 0.4) is 0 Å². The molecule has 3 aromatic rings. The SMILES string of the molecule is Cc1c(N)cccc1-c1noc(-c2cc([N+](=O)[O-])[nH]n2)n1. The molecule has 106 valence electrons. The minimum Gasteiger partial charge on any atom is -0.398 e. The highest BCUT2D eigenvalue weighted by Crippen LogP contribution is 2.27. The fourth-order valence-corrected chi connectivity index (χ4v) is 1.85. The van der Waals surface area contributed by atoms with E-state index in [0.29, 0.717) is 11.5 Å². The number of anilines is 1. The first-order chi connectivity index (χ1) is 10.1. The smallest absolute Gasteiger partial charge is 0.343 e. The van der Waals surface area contributed by atoms with Gasteiger partial charge < -0.3 is 20.4 Å². The van der Waals surface area contributed by atoms with Gasteiger partial charge in [-0.15, -0.1) is 5.10 Å². The van der Waals surface area contributed by atoms with Crippen molar-refractivity contribution in [2.24, 2.45) is 0 Å². The number of aromatic amines is 1. The third-order valence-electron chi connectivity index (χ3n) is 3.02. The summed E-state index contributed by atoms with van der Waals surface area (Å²) in [4.78, 5) is 14.2. The molecule has 0 radical (unpaired) electrons. The zero-order valence-electron chi connectivity index (χ0n) is 10.9. The molecule has 9 heteroatoms. The Labute approximate surface area is 117 Å². The first-order valence-corrected chi connectivity index (χ1v) is 5.95. The van der Waals surface area contributed by atoms with E-state index in [1.165, 1.54) is 6.07 Å². The molecule has 3 N–H and O–H groups in total. The number of nitro groups is 1. The molecule has 0 saturated carbocycles. The lowest BCUT2D eigenvalue weighted by molar-refractivity contribution is -0.389. The minimum atomic E-state index is -0.587. The molecule has 0 aliphatic heterocycles. The van der Waals surface area contributed by atoms with Crippen molar-refractivity contribution in [3.05, 3.63) is 39.9 Å². The summed E-state index contributed by atoms with van der Waals surface area (Å²) in [5.41, 5.74) is 8.23.